The molecule has 0 heterocycles. The first-order valence-electron chi connectivity index (χ1n) is 6.83. The van der Waals surface area contributed by atoms with Crippen LogP contribution >= 0.6 is 23.2 Å². The van der Waals surface area contributed by atoms with Crippen LogP contribution in [0.2, 0.25) is 10.0 Å². The summed E-state index contributed by atoms with van der Waals surface area (Å²) >= 11 is 12.0. The highest BCUT2D eigenvalue weighted by Crippen LogP contribution is 2.30. The molecule has 2 nitrogen and oxygen atoms in total. The van der Waals surface area contributed by atoms with Crippen LogP contribution in [0.25, 0.3) is 0 Å². The van der Waals surface area contributed by atoms with Gasteiger partial charge in [-0.2, -0.15) is 0 Å². The molecule has 21 heavy (non-hydrogen) atoms. The number of halogens is 2. The van der Waals surface area contributed by atoms with Gasteiger partial charge in [-0.15, -0.1) is 0 Å². The van der Waals surface area contributed by atoms with Crippen molar-refractivity contribution in [3.8, 4) is 0 Å². The van der Waals surface area contributed by atoms with E-state index in [1.54, 1.807) is 6.07 Å². The summed E-state index contributed by atoms with van der Waals surface area (Å²) in [6.45, 7) is 2.36. The second-order valence-corrected chi connectivity index (χ2v) is 6.25. The van der Waals surface area contributed by atoms with Crippen LogP contribution in [0.3, 0.4) is 0 Å². The highest BCUT2D eigenvalue weighted by atomic mass is 35.5. The van der Waals surface area contributed by atoms with Crippen LogP contribution < -0.4 is 5.73 Å². The summed E-state index contributed by atoms with van der Waals surface area (Å²) < 4.78 is 0. The molecular formula is C17H19Cl2NO. The van der Waals surface area contributed by atoms with E-state index < -0.39 is 5.41 Å². The first kappa shape index (κ1) is 16.3. The fourth-order valence-corrected chi connectivity index (χ4v) is 2.84. The van der Waals surface area contributed by atoms with E-state index in [2.05, 4.69) is 6.07 Å². The van der Waals surface area contributed by atoms with Gasteiger partial charge < -0.3 is 10.8 Å². The van der Waals surface area contributed by atoms with Gasteiger partial charge in [0.15, 0.2) is 0 Å². The molecule has 2 aromatic rings. The topological polar surface area (TPSA) is 46.2 Å². The van der Waals surface area contributed by atoms with E-state index in [-0.39, 0.29) is 6.61 Å². The molecule has 0 radical (unpaired) electrons. The van der Waals surface area contributed by atoms with Crippen molar-refractivity contribution >= 4 is 23.2 Å². The van der Waals surface area contributed by atoms with Crippen molar-refractivity contribution in [1.82, 2.24) is 0 Å². The highest BCUT2D eigenvalue weighted by molar-refractivity contribution is 6.42. The van der Waals surface area contributed by atoms with Crippen molar-refractivity contribution in [3.63, 3.8) is 0 Å². The summed E-state index contributed by atoms with van der Waals surface area (Å²) in [7, 11) is 0. The predicted molar refractivity (Wildman–Crippen MR) is 89.2 cm³/mol. The Bertz CT molecular complexity index is 624. The van der Waals surface area contributed by atoms with Gasteiger partial charge in [-0.05, 0) is 36.6 Å². The molecule has 0 aliphatic heterocycles. The first-order valence-corrected chi connectivity index (χ1v) is 7.58. The average molecular weight is 324 g/mol. The fourth-order valence-electron chi connectivity index (χ4n) is 2.52. The summed E-state index contributed by atoms with van der Waals surface area (Å²) in [5.41, 5.74) is 8.68. The van der Waals surface area contributed by atoms with E-state index >= 15 is 0 Å². The van der Waals surface area contributed by atoms with Gasteiger partial charge in [-0.25, -0.2) is 0 Å². The van der Waals surface area contributed by atoms with Crippen LogP contribution in [0.4, 0.5) is 0 Å². The number of hydrogen-bond acceptors (Lipinski definition) is 2. The Hall–Kier alpha value is -1.06. The van der Waals surface area contributed by atoms with E-state index in [1.807, 2.05) is 37.3 Å². The van der Waals surface area contributed by atoms with Crippen molar-refractivity contribution in [3.05, 3.63) is 69.2 Å². The van der Waals surface area contributed by atoms with E-state index in [0.717, 1.165) is 16.7 Å². The zero-order chi connectivity index (χ0) is 15.5. The summed E-state index contributed by atoms with van der Waals surface area (Å²) in [4.78, 5) is 0. The van der Waals surface area contributed by atoms with Gasteiger partial charge in [0.1, 0.15) is 0 Å². The molecule has 0 aromatic heterocycles. The zero-order valence-corrected chi connectivity index (χ0v) is 13.5. The maximum atomic E-state index is 9.97. The van der Waals surface area contributed by atoms with Gasteiger partial charge in [0.05, 0.1) is 16.7 Å². The quantitative estimate of drug-likeness (QED) is 0.880. The molecule has 2 rings (SSSR count). The lowest BCUT2D eigenvalue weighted by atomic mass is 9.76. The van der Waals surface area contributed by atoms with E-state index in [0.29, 0.717) is 23.0 Å². The molecule has 4 heteroatoms. The van der Waals surface area contributed by atoms with Crippen molar-refractivity contribution in [2.24, 2.45) is 5.73 Å². The molecular weight excluding hydrogens is 305 g/mol. The molecule has 0 fully saturated rings. The lowest BCUT2D eigenvalue weighted by Crippen LogP contribution is -2.41. The Morgan fingerprint density at radius 3 is 2.43 bits per heavy atom. The molecule has 112 valence electrons. The van der Waals surface area contributed by atoms with Crippen LogP contribution in [-0.4, -0.2) is 18.3 Å². The minimum Gasteiger partial charge on any atom is -0.395 e. The molecule has 2 aromatic carbocycles. The van der Waals surface area contributed by atoms with Crippen LogP contribution in [0.5, 0.6) is 0 Å². The SMILES string of the molecule is Cc1cccc(C(CN)(CO)Cc2ccc(Cl)c(Cl)c2)c1. The predicted octanol–water partition coefficient (Wildman–Crippen LogP) is 3.73. The van der Waals surface area contributed by atoms with Crippen LogP contribution in [0, 0.1) is 6.92 Å². The third kappa shape index (κ3) is 3.58. The highest BCUT2D eigenvalue weighted by Gasteiger charge is 2.30. The molecule has 0 aliphatic carbocycles. The third-order valence-electron chi connectivity index (χ3n) is 3.85. The molecule has 1 atom stereocenters. The number of aliphatic hydroxyl groups is 1. The van der Waals surface area contributed by atoms with Crippen molar-refractivity contribution < 1.29 is 5.11 Å². The van der Waals surface area contributed by atoms with Gasteiger partial charge in [-0.1, -0.05) is 59.1 Å². The summed E-state index contributed by atoms with van der Waals surface area (Å²) in [6, 6.07) is 13.6. The van der Waals surface area contributed by atoms with Crippen LogP contribution in [-0.2, 0) is 11.8 Å². The van der Waals surface area contributed by atoms with Gasteiger partial charge >= 0.3 is 0 Å². The number of nitrogens with two attached hydrogens (primary N) is 1. The molecule has 0 amide bonds. The minimum atomic E-state index is -0.511. The standard InChI is InChI=1S/C17H19Cl2NO/c1-12-3-2-4-14(7-12)17(10-20,11-21)9-13-5-6-15(18)16(19)8-13/h2-8,21H,9-11,20H2,1H3. The summed E-state index contributed by atoms with van der Waals surface area (Å²) in [6.07, 6.45) is 0.611. The molecule has 3 N–H and O–H groups in total. The maximum Gasteiger partial charge on any atom is 0.0595 e. The van der Waals surface area contributed by atoms with Gasteiger partial charge in [0.25, 0.3) is 0 Å². The Kier molecular flexibility index (Phi) is 5.28. The Morgan fingerprint density at radius 2 is 1.86 bits per heavy atom. The summed E-state index contributed by atoms with van der Waals surface area (Å²) in [5, 5.41) is 11.0. The molecule has 0 aliphatic rings. The third-order valence-corrected chi connectivity index (χ3v) is 4.59. The van der Waals surface area contributed by atoms with Crippen molar-refractivity contribution in [2.45, 2.75) is 18.8 Å². The van der Waals surface area contributed by atoms with E-state index in [4.69, 9.17) is 28.9 Å². The van der Waals surface area contributed by atoms with Crippen LogP contribution in [0.15, 0.2) is 42.5 Å². The lowest BCUT2D eigenvalue weighted by Gasteiger charge is -2.31. The molecule has 0 bridgehead atoms. The Balaban J connectivity index is 2.40. The second-order valence-electron chi connectivity index (χ2n) is 5.44. The second kappa shape index (κ2) is 6.80. The lowest BCUT2D eigenvalue weighted by molar-refractivity contribution is 0.196. The first-order chi connectivity index (χ1) is 10.0. The summed E-state index contributed by atoms with van der Waals surface area (Å²) in [5.74, 6) is 0. The fraction of sp³-hybridized carbons (Fsp3) is 0.294. The molecule has 0 saturated heterocycles. The van der Waals surface area contributed by atoms with Gasteiger partial charge in [-0.3, -0.25) is 0 Å². The number of hydrogen-bond donors (Lipinski definition) is 2. The smallest absolute Gasteiger partial charge is 0.0595 e. The Morgan fingerprint density at radius 1 is 1.10 bits per heavy atom. The van der Waals surface area contributed by atoms with Crippen molar-refractivity contribution in [2.75, 3.05) is 13.2 Å². The normalized spacial score (nSPS) is 14.0. The average Bonchev–Trinajstić information content (AvgIpc) is 2.48. The van der Waals surface area contributed by atoms with E-state index in [9.17, 15) is 5.11 Å². The largest absolute Gasteiger partial charge is 0.395 e. The molecule has 1 unspecified atom stereocenters. The minimum absolute atomic E-state index is 0.0206. The number of aryl methyl sites for hydroxylation is 1. The van der Waals surface area contributed by atoms with Crippen LogP contribution in [0.1, 0.15) is 16.7 Å². The number of aliphatic hydroxyl groups excluding tert-OH is 1. The van der Waals surface area contributed by atoms with Gasteiger partial charge in [0, 0.05) is 12.0 Å². The monoisotopic (exact) mass is 323 g/mol. The van der Waals surface area contributed by atoms with E-state index in [1.165, 1.54) is 0 Å². The zero-order valence-electron chi connectivity index (χ0n) is 11.9. The number of benzene rings is 2. The van der Waals surface area contributed by atoms with Crippen molar-refractivity contribution in [1.29, 1.82) is 0 Å². The Labute approximate surface area is 135 Å². The maximum absolute atomic E-state index is 9.97. The molecule has 0 spiro atoms. The van der Waals surface area contributed by atoms with Gasteiger partial charge in [0.2, 0.25) is 0 Å². The number of rotatable bonds is 5. The molecule has 0 saturated carbocycles.